The van der Waals surface area contributed by atoms with Crippen LogP contribution >= 0.6 is 11.3 Å². The van der Waals surface area contributed by atoms with Crippen molar-refractivity contribution < 1.29 is 23.9 Å². The third kappa shape index (κ3) is 3.81. The van der Waals surface area contributed by atoms with Crippen molar-refractivity contribution in [1.29, 1.82) is 0 Å². The lowest BCUT2D eigenvalue weighted by Gasteiger charge is -2.43. The number of likely N-dealkylation sites (tertiary alicyclic amines) is 3. The minimum Gasteiger partial charge on any atom is -0.465 e. The van der Waals surface area contributed by atoms with E-state index in [9.17, 15) is 19.2 Å². The van der Waals surface area contributed by atoms with Crippen LogP contribution in [0.25, 0.3) is 0 Å². The van der Waals surface area contributed by atoms with Crippen molar-refractivity contribution in [2.45, 2.75) is 25.3 Å². The van der Waals surface area contributed by atoms with Gasteiger partial charge in [0.2, 0.25) is 11.8 Å². The molecule has 1 atom stereocenters. The summed E-state index contributed by atoms with van der Waals surface area (Å²) in [6.07, 6.45) is 2.32. The molecule has 0 saturated carbocycles. The molecule has 4 heterocycles. The van der Waals surface area contributed by atoms with Crippen LogP contribution in [0.4, 0.5) is 10.5 Å². The Morgan fingerprint density at radius 2 is 1.86 bits per heavy atom. The molecule has 3 saturated heterocycles. The number of hydrogen-bond acceptors (Lipinski definition) is 6. The van der Waals surface area contributed by atoms with Gasteiger partial charge in [0.15, 0.2) is 0 Å². The van der Waals surface area contributed by atoms with Crippen LogP contribution in [-0.4, -0.2) is 84.4 Å². The Hall–Kier alpha value is -2.62. The minimum atomic E-state index is -0.492. The van der Waals surface area contributed by atoms with Crippen molar-refractivity contribution >= 4 is 40.8 Å². The molecule has 1 unspecified atom stereocenters. The fourth-order valence-electron chi connectivity index (χ4n) is 4.12. The summed E-state index contributed by atoms with van der Waals surface area (Å²) in [5.74, 6) is -0.691. The van der Waals surface area contributed by atoms with E-state index in [0.29, 0.717) is 30.2 Å². The van der Waals surface area contributed by atoms with Crippen LogP contribution in [0.1, 0.15) is 28.9 Å². The number of urea groups is 1. The second kappa shape index (κ2) is 8.02. The number of esters is 1. The lowest BCUT2D eigenvalue weighted by Crippen LogP contribution is -2.62. The van der Waals surface area contributed by atoms with Crippen molar-refractivity contribution in [2.24, 2.45) is 5.92 Å². The molecule has 0 aromatic carbocycles. The molecule has 9 nitrogen and oxygen atoms in total. The Labute approximate surface area is 172 Å². The Bertz CT molecular complexity index is 828. The molecule has 1 N–H and O–H groups in total. The van der Waals surface area contributed by atoms with Gasteiger partial charge in [0.1, 0.15) is 4.88 Å². The van der Waals surface area contributed by atoms with Gasteiger partial charge >= 0.3 is 12.0 Å². The van der Waals surface area contributed by atoms with Gasteiger partial charge < -0.3 is 24.8 Å². The monoisotopic (exact) mass is 420 g/mol. The molecule has 0 aliphatic carbocycles. The minimum absolute atomic E-state index is 0.0154. The van der Waals surface area contributed by atoms with E-state index >= 15 is 0 Å². The highest BCUT2D eigenvalue weighted by molar-refractivity contribution is 7.12. The zero-order chi connectivity index (χ0) is 20.5. The van der Waals surface area contributed by atoms with Gasteiger partial charge in [-0.2, -0.15) is 0 Å². The van der Waals surface area contributed by atoms with E-state index < -0.39 is 5.97 Å². The second-order valence-electron chi connectivity index (χ2n) is 7.62. The van der Waals surface area contributed by atoms with E-state index in [-0.39, 0.29) is 36.2 Å². The van der Waals surface area contributed by atoms with E-state index in [1.165, 1.54) is 18.4 Å². The quantitative estimate of drug-likeness (QED) is 0.739. The molecule has 4 rings (SSSR count). The highest BCUT2D eigenvalue weighted by Crippen LogP contribution is 2.28. The number of anilines is 1. The Kier molecular flexibility index (Phi) is 5.44. The van der Waals surface area contributed by atoms with E-state index in [4.69, 9.17) is 4.74 Å². The number of thiophene rings is 1. The molecule has 3 aliphatic rings. The Morgan fingerprint density at radius 1 is 1.14 bits per heavy atom. The number of carbonyl (C=O) groups excluding carboxylic acids is 4. The summed E-state index contributed by atoms with van der Waals surface area (Å²) in [6.45, 7) is 2.85. The number of hydrogen-bond donors (Lipinski definition) is 1. The summed E-state index contributed by atoms with van der Waals surface area (Å²) in [5.41, 5.74) is 0.420. The summed E-state index contributed by atoms with van der Waals surface area (Å²) < 4.78 is 4.71. The summed E-state index contributed by atoms with van der Waals surface area (Å²) in [6, 6.07) is 1.28. The van der Waals surface area contributed by atoms with Gasteiger partial charge in [-0.3, -0.25) is 9.59 Å². The standard InChI is InChI=1S/C19H24N4O5S/c1-28-18(26)16-14(4-7-29-16)20-19(27)22-10-13(11-22)23-9-12(8-15(23)24)17(25)21-5-2-3-6-21/h4,7,12-13H,2-3,5-6,8-11H2,1H3,(H,20,27). The fraction of sp³-hybridized carbons (Fsp3) is 0.579. The zero-order valence-electron chi connectivity index (χ0n) is 16.3. The first-order valence-electron chi connectivity index (χ1n) is 9.78. The number of ether oxygens (including phenoxy) is 1. The molecule has 10 heteroatoms. The summed E-state index contributed by atoms with van der Waals surface area (Å²) in [4.78, 5) is 54.7. The lowest BCUT2D eigenvalue weighted by molar-refractivity contribution is -0.135. The molecule has 0 radical (unpaired) electrons. The number of nitrogens with zero attached hydrogens (tertiary/aromatic N) is 3. The predicted molar refractivity (Wildman–Crippen MR) is 106 cm³/mol. The summed E-state index contributed by atoms with van der Waals surface area (Å²) in [5, 5.41) is 4.44. The second-order valence-corrected chi connectivity index (χ2v) is 8.54. The largest absolute Gasteiger partial charge is 0.465 e. The molecule has 1 aromatic heterocycles. The number of amides is 4. The van der Waals surface area contributed by atoms with E-state index in [2.05, 4.69) is 5.32 Å². The molecule has 156 valence electrons. The lowest BCUT2D eigenvalue weighted by atomic mass is 10.1. The van der Waals surface area contributed by atoms with Crippen molar-refractivity contribution in [3.8, 4) is 0 Å². The third-order valence-electron chi connectivity index (χ3n) is 5.79. The van der Waals surface area contributed by atoms with Gasteiger partial charge in [-0.15, -0.1) is 11.3 Å². The zero-order valence-corrected chi connectivity index (χ0v) is 17.1. The van der Waals surface area contributed by atoms with Crippen LogP contribution in [0.15, 0.2) is 11.4 Å². The van der Waals surface area contributed by atoms with E-state index in [1.807, 2.05) is 4.90 Å². The summed E-state index contributed by atoms with van der Waals surface area (Å²) >= 11 is 1.20. The number of methoxy groups -OCH3 is 1. The molecule has 29 heavy (non-hydrogen) atoms. The molecule has 4 amide bonds. The molecular formula is C19H24N4O5S. The van der Waals surface area contributed by atoms with Crippen LogP contribution in [-0.2, 0) is 14.3 Å². The van der Waals surface area contributed by atoms with Crippen LogP contribution < -0.4 is 5.32 Å². The highest BCUT2D eigenvalue weighted by atomic mass is 32.1. The number of carbonyl (C=O) groups is 4. The van der Waals surface area contributed by atoms with Crippen LogP contribution in [0.2, 0.25) is 0 Å². The van der Waals surface area contributed by atoms with Crippen molar-refractivity contribution in [3.05, 3.63) is 16.3 Å². The van der Waals surface area contributed by atoms with Crippen LogP contribution in [0, 0.1) is 5.92 Å². The average molecular weight is 420 g/mol. The predicted octanol–water partition coefficient (Wildman–Crippen LogP) is 1.22. The first-order chi connectivity index (χ1) is 14.0. The van der Waals surface area contributed by atoms with Crippen molar-refractivity contribution in [2.75, 3.05) is 45.2 Å². The maximum Gasteiger partial charge on any atom is 0.350 e. The van der Waals surface area contributed by atoms with E-state index in [1.54, 1.807) is 21.2 Å². The SMILES string of the molecule is COC(=O)c1sccc1NC(=O)N1CC(N2CC(C(=O)N3CCCC3)CC2=O)C1. The maximum absolute atomic E-state index is 12.6. The van der Waals surface area contributed by atoms with Crippen LogP contribution in [0.3, 0.4) is 0 Å². The van der Waals surface area contributed by atoms with Gasteiger partial charge in [0, 0.05) is 39.1 Å². The summed E-state index contributed by atoms with van der Waals surface area (Å²) in [7, 11) is 1.29. The van der Waals surface area contributed by atoms with Crippen LogP contribution in [0.5, 0.6) is 0 Å². The Balaban J connectivity index is 1.29. The molecular weight excluding hydrogens is 396 g/mol. The smallest absolute Gasteiger partial charge is 0.350 e. The molecule has 0 spiro atoms. The normalized spacial score (nSPS) is 22.0. The topological polar surface area (TPSA) is 99.3 Å². The molecule has 3 aliphatic heterocycles. The molecule has 1 aromatic rings. The van der Waals surface area contributed by atoms with Gasteiger partial charge in [0.05, 0.1) is 24.8 Å². The molecule has 3 fully saturated rings. The maximum atomic E-state index is 12.6. The van der Waals surface area contributed by atoms with Gasteiger partial charge in [-0.05, 0) is 24.3 Å². The van der Waals surface area contributed by atoms with Gasteiger partial charge in [-0.1, -0.05) is 0 Å². The molecule has 0 bridgehead atoms. The Morgan fingerprint density at radius 3 is 2.55 bits per heavy atom. The number of rotatable bonds is 4. The van der Waals surface area contributed by atoms with Gasteiger partial charge in [-0.25, -0.2) is 9.59 Å². The first-order valence-corrected chi connectivity index (χ1v) is 10.7. The highest BCUT2D eigenvalue weighted by Gasteiger charge is 2.44. The number of nitrogens with one attached hydrogen (secondary N) is 1. The fourth-order valence-corrected chi connectivity index (χ4v) is 4.88. The average Bonchev–Trinajstić information content (AvgIpc) is 3.41. The van der Waals surface area contributed by atoms with E-state index in [0.717, 1.165) is 25.9 Å². The third-order valence-corrected chi connectivity index (χ3v) is 6.69. The van der Waals surface area contributed by atoms with Gasteiger partial charge in [0.25, 0.3) is 0 Å². The first kappa shape index (κ1) is 19.7. The van der Waals surface area contributed by atoms with Crippen molar-refractivity contribution in [1.82, 2.24) is 14.7 Å². The van der Waals surface area contributed by atoms with Crippen molar-refractivity contribution in [3.63, 3.8) is 0 Å².